The number of thioether (sulfide) groups is 1. The Morgan fingerprint density at radius 1 is 1.65 bits per heavy atom. The second kappa shape index (κ2) is 6.02. The molecule has 1 aromatic carbocycles. The van der Waals surface area contributed by atoms with Crippen molar-refractivity contribution < 1.29 is 14.8 Å². The Balaban J connectivity index is 2.73. The van der Waals surface area contributed by atoms with Crippen LogP contribution in [0.4, 0.5) is 5.69 Å². The van der Waals surface area contributed by atoms with Crippen molar-refractivity contribution in [2.75, 3.05) is 0 Å². The van der Waals surface area contributed by atoms with E-state index in [-0.39, 0.29) is 5.69 Å². The van der Waals surface area contributed by atoms with Crippen LogP contribution in [0.3, 0.4) is 0 Å². The van der Waals surface area contributed by atoms with Gasteiger partial charge in [0.15, 0.2) is 0 Å². The van der Waals surface area contributed by atoms with E-state index >= 15 is 0 Å². The predicted octanol–water partition coefficient (Wildman–Crippen LogP) is 3.06. The van der Waals surface area contributed by atoms with Crippen LogP contribution in [0.2, 0.25) is 0 Å². The molecular weight excluding hydrogens is 310 g/mol. The molecular formula is C10H10BrNO4S. The number of carboxylic acid groups (broad SMARTS) is 1. The van der Waals surface area contributed by atoms with Gasteiger partial charge in [-0.1, -0.05) is 22.0 Å². The smallest absolute Gasteiger partial charge is 0.316 e. The lowest BCUT2D eigenvalue weighted by atomic mass is 10.2. The van der Waals surface area contributed by atoms with Crippen LogP contribution in [0.15, 0.2) is 22.7 Å². The molecule has 1 rings (SSSR count). The van der Waals surface area contributed by atoms with Gasteiger partial charge in [0, 0.05) is 22.4 Å². The number of non-ortho nitro benzene ring substituents is 1. The highest BCUT2D eigenvalue weighted by molar-refractivity contribution is 9.10. The quantitative estimate of drug-likeness (QED) is 0.666. The summed E-state index contributed by atoms with van der Waals surface area (Å²) in [5.74, 6) is -0.375. The first-order valence-electron chi connectivity index (χ1n) is 4.69. The van der Waals surface area contributed by atoms with Crippen molar-refractivity contribution in [3.63, 3.8) is 0 Å². The molecule has 0 spiro atoms. The van der Waals surface area contributed by atoms with E-state index in [1.165, 1.54) is 23.9 Å². The lowest BCUT2D eigenvalue weighted by Gasteiger charge is -2.07. The van der Waals surface area contributed by atoms with E-state index in [4.69, 9.17) is 5.11 Å². The van der Waals surface area contributed by atoms with Crippen LogP contribution < -0.4 is 0 Å². The maximum atomic E-state index is 10.6. The van der Waals surface area contributed by atoms with Gasteiger partial charge in [-0.3, -0.25) is 14.9 Å². The lowest BCUT2D eigenvalue weighted by molar-refractivity contribution is -0.384. The minimum atomic E-state index is -0.868. The Bertz CT molecular complexity index is 452. The van der Waals surface area contributed by atoms with Gasteiger partial charge in [0.2, 0.25) is 0 Å². The number of carboxylic acids is 1. The van der Waals surface area contributed by atoms with Gasteiger partial charge in [-0.2, -0.15) is 0 Å². The van der Waals surface area contributed by atoms with E-state index in [0.717, 1.165) is 5.56 Å². The van der Waals surface area contributed by atoms with Crippen LogP contribution in [-0.4, -0.2) is 21.2 Å². The fourth-order valence-electron chi connectivity index (χ4n) is 1.05. The molecule has 7 heteroatoms. The monoisotopic (exact) mass is 319 g/mol. The fourth-order valence-corrected chi connectivity index (χ4v) is 2.57. The van der Waals surface area contributed by atoms with Crippen molar-refractivity contribution >= 4 is 39.3 Å². The highest BCUT2D eigenvalue weighted by atomic mass is 79.9. The zero-order valence-electron chi connectivity index (χ0n) is 8.92. The number of nitro benzene ring substituents is 1. The topological polar surface area (TPSA) is 80.4 Å². The molecule has 1 atom stereocenters. The second-order valence-corrected chi connectivity index (χ2v) is 5.51. The highest BCUT2D eigenvalue weighted by Crippen LogP contribution is 2.27. The van der Waals surface area contributed by atoms with Gasteiger partial charge in [0.1, 0.15) is 0 Å². The van der Waals surface area contributed by atoms with Crippen molar-refractivity contribution in [3.05, 3.63) is 38.3 Å². The van der Waals surface area contributed by atoms with Gasteiger partial charge in [0.05, 0.1) is 10.2 Å². The first-order valence-corrected chi connectivity index (χ1v) is 6.53. The molecule has 1 unspecified atom stereocenters. The molecule has 0 aliphatic rings. The van der Waals surface area contributed by atoms with Gasteiger partial charge >= 0.3 is 5.97 Å². The van der Waals surface area contributed by atoms with E-state index in [9.17, 15) is 14.9 Å². The Morgan fingerprint density at radius 3 is 2.76 bits per heavy atom. The van der Waals surface area contributed by atoms with Crippen molar-refractivity contribution in [2.24, 2.45) is 0 Å². The van der Waals surface area contributed by atoms with E-state index in [0.29, 0.717) is 10.2 Å². The first kappa shape index (κ1) is 14.0. The fraction of sp³-hybridized carbons (Fsp3) is 0.300. The number of hydrogen-bond donors (Lipinski definition) is 1. The summed E-state index contributed by atoms with van der Waals surface area (Å²) in [5.41, 5.74) is 0.852. The molecule has 0 bridgehead atoms. The number of rotatable bonds is 5. The Labute approximate surface area is 110 Å². The van der Waals surface area contributed by atoms with E-state index in [1.54, 1.807) is 13.0 Å². The molecule has 0 aliphatic carbocycles. The third-order valence-corrected chi connectivity index (χ3v) is 4.00. The number of hydrogen-bond acceptors (Lipinski definition) is 4. The average Bonchev–Trinajstić information content (AvgIpc) is 2.26. The zero-order valence-corrected chi connectivity index (χ0v) is 11.3. The van der Waals surface area contributed by atoms with Crippen LogP contribution in [0, 0.1) is 10.1 Å². The first-order chi connectivity index (χ1) is 7.91. The maximum absolute atomic E-state index is 10.6. The van der Waals surface area contributed by atoms with Crippen molar-refractivity contribution in [3.8, 4) is 0 Å². The molecule has 92 valence electrons. The molecule has 17 heavy (non-hydrogen) atoms. The van der Waals surface area contributed by atoms with Crippen molar-refractivity contribution in [1.29, 1.82) is 0 Å². The van der Waals surface area contributed by atoms with Crippen LogP contribution >= 0.6 is 27.7 Å². The van der Waals surface area contributed by atoms with E-state index in [1.807, 2.05) is 0 Å². The summed E-state index contributed by atoms with van der Waals surface area (Å²) in [6, 6.07) is 4.46. The van der Waals surface area contributed by atoms with Crippen LogP contribution in [-0.2, 0) is 10.5 Å². The minimum Gasteiger partial charge on any atom is -0.480 e. The van der Waals surface area contributed by atoms with E-state index in [2.05, 4.69) is 15.9 Å². The standard InChI is InChI=1S/C10H10BrNO4S/c1-6(10(13)14)17-5-7-2-3-8(12(15)16)4-9(7)11/h2-4,6H,5H2,1H3,(H,13,14). The summed E-state index contributed by atoms with van der Waals surface area (Å²) < 4.78 is 0.622. The van der Waals surface area contributed by atoms with Gasteiger partial charge in [-0.15, -0.1) is 11.8 Å². The maximum Gasteiger partial charge on any atom is 0.316 e. The molecule has 5 nitrogen and oxygen atoms in total. The number of nitro groups is 1. The Hall–Kier alpha value is -1.08. The third-order valence-electron chi connectivity index (χ3n) is 2.08. The average molecular weight is 320 g/mol. The van der Waals surface area contributed by atoms with Crippen LogP contribution in [0.5, 0.6) is 0 Å². The molecule has 1 N–H and O–H groups in total. The summed E-state index contributed by atoms with van der Waals surface area (Å²) in [5, 5.41) is 18.7. The summed E-state index contributed by atoms with van der Waals surface area (Å²) in [6.07, 6.45) is 0. The zero-order chi connectivity index (χ0) is 13.0. The summed E-state index contributed by atoms with van der Waals surface area (Å²) in [6.45, 7) is 1.60. The predicted molar refractivity (Wildman–Crippen MR) is 69.2 cm³/mol. The molecule has 0 saturated carbocycles. The molecule has 0 amide bonds. The van der Waals surface area contributed by atoms with Gasteiger partial charge in [-0.25, -0.2) is 0 Å². The number of benzene rings is 1. The highest BCUT2D eigenvalue weighted by Gasteiger charge is 2.13. The largest absolute Gasteiger partial charge is 0.480 e. The SMILES string of the molecule is CC(SCc1ccc([N+](=O)[O-])cc1Br)C(=O)O. The Morgan fingerprint density at radius 2 is 2.29 bits per heavy atom. The number of nitrogens with zero attached hydrogens (tertiary/aromatic N) is 1. The molecule has 0 aromatic heterocycles. The summed E-state index contributed by atoms with van der Waals surface area (Å²) >= 11 is 4.50. The number of aliphatic carboxylic acids is 1. The van der Waals surface area contributed by atoms with E-state index < -0.39 is 16.1 Å². The molecule has 0 fully saturated rings. The molecule has 0 radical (unpaired) electrons. The van der Waals surface area contributed by atoms with Crippen LogP contribution in [0.1, 0.15) is 12.5 Å². The molecule has 0 aliphatic heterocycles. The van der Waals surface area contributed by atoms with Crippen LogP contribution in [0.25, 0.3) is 0 Å². The summed E-state index contributed by atoms with van der Waals surface area (Å²) in [4.78, 5) is 20.7. The second-order valence-electron chi connectivity index (χ2n) is 3.32. The number of halogens is 1. The molecule has 0 heterocycles. The third kappa shape index (κ3) is 4.01. The van der Waals surface area contributed by atoms with Crippen molar-refractivity contribution in [2.45, 2.75) is 17.9 Å². The van der Waals surface area contributed by atoms with Crippen molar-refractivity contribution in [1.82, 2.24) is 0 Å². The van der Waals surface area contributed by atoms with Gasteiger partial charge in [0.25, 0.3) is 5.69 Å². The molecule has 0 saturated heterocycles. The lowest BCUT2D eigenvalue weighted by Crippen LogP contribution is -2.11. The normalized spacial score (nSPS) is 12.1. The van der Waals surface area contributed by atoms with Gasteiger partial charge in [-0.05, 0) is 12.5 Å². The molecule has 1 aromatic rings. The Kier molecular flexibility index (Phi) is 4.95. The van der Waals surface area contributed by atoms with Gasteiger partial charge < -0.3 is 5.11 Å². The number of carbonyl (C=O) groups is 1. The minimum absolute atomic E-state index is 0.0110. The summed E-state index contributed by atoms with van der Waals surface area (Å²) in [7, 11) is 0.